The molecule has 0 saturated carbocycles. The van der Waals surface area contributed by atoms with Gasteiger partial charge in [-0.25, -0.2) is 0 Å². The normalized spacial score (nSPS) is 10.7. The molecule has 0 spiro atoms. The van der Waals surface area contributed by atoms with Crippen LogP contribution in [0.4, 0.5) is 0 Å². The SMILES string of the molecule is CCCCCCCCCCCCCC(=O)OCCCCl. The minimum atomic E-state index is -0.0639. The fourth-order valence-electron chi connectivity index (χ4n) is 2.25. The Morgan fingerprint density at radius 2 is 1.30 bits per heavy atom. The number of alkyl halides is 1. The lowest BCUT2D eigenvalue weighted by molar-refractivity contribution is -0.143. The standard InChI is InChI=1S/C17H33ClO2/c1-2-3-4-5-6-7-8-9-10-11-12-14-17(19)20-16-13-15-18/h2-16H2,1H3. The number of ether oxygens (including phenoxy) is 1. The summed E-state index contributed by atoms with van der Waals surface area (Å²) in [5.74, 6) is 0.497. The van der Waals surface area contributed by atoms with Crippen LogP contribution in [0.2, 0.25) is 0 Å². The molecule has 0 aromatic heterocycles. The van der Waals surface area contributed by atoms with E-state index in [1.54, 1.807) is 0 Å². The third-order valence-electron chi connectivity index (χ3n) is 3.53. The maximum absolute atomic E-state index is 11.3. The molecule has 0 heterocycles. The number of unbranched alkanes of at least 4 members (excludes halogenated alkanes) is 10. The molecular formula is C17H33ClO2. The van der Waals surface area contributed by atoms with Gasteiger partial charge in [0.2, 0.25) is 0 Å². The van der Waals surface area contributed by atoms with Crippen molar-refractivity contribution in [2.45, 2.75) is 90.4 Å². The molecule has 0 rings (SSSR count). The molecule has 0 fully saturated rings. The third kappa shape index (κ3) is 15.8. The highest BCUT2D eigenvalue weighted by atomic mass is 35.5. The van der Waals surface area contributed by atoms with Crippen LogP contribution in [0.3, 0.4) is 0 Å². The lowest BCUT2D eigenvalue weighted by Gasteiger charge is -2.04. The Balaban J connectivity index is 3.07. The Morgan fingerprint density at radius 1 is 0.800 bits per heavy atom. The molecule has 0 aromatic rings. The van der Waals surface area contributed by atoms with E-state index < -0.39 is 0 Å². The zero-order valence-corrected chi connectivity index (χ0v) is 14.1. The van der Waals surface area contributed by atoms with Crippen molar-refractivity contribution in [1.82, 2.24) is 0 Å². The summed E-state index contributed by atoms with van der Waals surface area (Å²) in [7, 11) is 0. The highest BCUT2D eigenvalue weighted by Crippen LogP contribution is 2.12. The Kier molecular flexibility index (Phi) is 16.6. The van der Waals surface area contributed by atoms with Crippen molar-refractivity contribution in [2.24, 2.45) is 0 Å². The summed E-state index contributed by atoms with van der Waals surface area (Å²) < 4.78 is 5.05. The second kappa shape index (κ2) is 16.8. The van der Waals surface area contributed by atoms with Crippen molar-refractivity contribution in [3.63, 3.8) is 0 Å². The second-order valence-corrected chi connectivity index (χ2v) is 5.93. The van der Waals surface area contributed by atoms with Gasteiger partial charge in [0, 0.05) is 12.3 Å². The predicted molar refractivity (Wildman–Crippen MR) is 87.4 cm³/mol. The van der Waals surface area contributed by atoms with Gasteiger partial charge in [-0.15, -0.1) is 11.6 Å². The quantitative estimate of drug-likeness (QED) is 0.215. The largest absolute Gasteiger partial charge is 0.466 e. The number of halogens is 1. The van der Waals surface area contributed by atoms with Crippen molar-refractivity contribution in [3.8, 4) is 0 Å². The van der Waals surface area contributed by atoms with Gasteiger partial charge in [-0.2, -0.15) is 0 Å². The predicted octanol–water partition coefficient (Wildman–Crippen LogP) is 5.86. The molecule has 0 N–H and O–H groups in total. The number of rotatable bonds is 15. The lowest BCUT2D eigenvalue weighted by Crippen LogP contribution is -2.05. The molecule has 0 atom stereocenters. The molecular weight excluding hydrogens is 272 g/mol. The minimum absolute atomic E-state index is 0.0639. The minimum Gasteiger partial charge on any atom is -0.466 e. The highest BCUT2D eigenvalue weighted by molar-refractivity contribution is 6.17. The van der Waals surface area contributed by atoms with Crippen LogP contribution in [0.25, 0.3) is 0 Å². The molecule has 0 aliphatic carbocycles. The topological polar surface area (TPSA) is 26.3 Å². The zero-order chi connectivity index (χ0) is 14.9. The van der Waals surface area contributed by atoms with E-state index in [0.29, 0.717) is 18.9 Å². The van der Waals surface area contributed by atoms with Crippen LogP contribution in [0.5, 0.6) is 0 Å². The molecule has 120 valence electrons. The summed E-state index contributed by atoms with van der Waals surface area (Å²) in [5.41, 5.74) is 0. The molecule has 0 unspecified atom stereocenters. The summed E-state index contributed by atoms with van der Waals surface area (Å²) in [4.78, 5) is 11.3. The van der Waals surface area contributed by atoms with E-state index >= 15 is 0 Å². The van der Waals surface area contributed by atoms with Crippen molar-refractivity contribution in [1.29, 1.82) is 0 Å². The molecule has 0 aromatic carbocycles. The van der Waals surface area contributed by atoms with Crippen LogP contribution in [0, 0.1) is 0 Å². The van der Waals surface area contributed by atoms with Crippen molar-refractivity contribution in [3.05, 3.63) is 0 Å². The van der Waals surface area contributed by atoms with Gasteiger partial charge in [0.25, 0.3) is 0 Å². The van der Waals surface area contributed by atoms with E-state index in [2.05, 4.69) is 6.92 Å². The number of carbonyl (C=O) groups excluding carboxylic acids is 1. The molecule has 0 aliphatic rings. The smallest absolute Gasteiger partial charge is 0.305 e. The molecule has 3 heteroatoms. The van der Waals surface area contributed by atoms with Gasteiger partial charge in [0.05, 0.1) is 6.61 Å². The summed E-state index contributed by atoms with van der Waals surface area (Å²) in [6.07, 6.45) is 15.7. The first kappa shape index (κ1) is 19.8. The maximum Gasteiger partial charge on any atom is 0.305 e. The number of carbonyl (C=O) groups is 1. The molecule has 0 amide bonds. The van der Waals surface area contributed by atoms with E-state index in [0.717, 1.165) is 19.3 Å². The van der Waals surface area contributed by atoms with Gasteiger partial charge in [-0.3, -0.25) is 4.79 Å². The van der Waals surface area contributed by atoms with Crippen LogP contribution in [0.1, 0.15) is 90.4 Å². The molecule has 0 saturated heterocycles. The molecule has 0 aliphatic heterocycles. The average molecular weight is 305 g/mol. The number of esters is 1. The summed E-state index contributed by atoms with van der Waals surface area (Å²) in [6, 6.07) is 0. The highest BCUT2D eigenvalue weighted by Gasteiger charge is 2.01. The van der Waals surface area contributed by atoms with Crippen molar-refractivity contribution < 1.29 is 9.53 Å². The van der Waals surface area contributed by atoms with Gasteiger partial charge in [0.15, 0.2) is 0 Å². The molecule has 20 heavy (non-hydrogen) atoms. The summed E-state index contributed by atoms with van der Waals surface area (Å²) in [5, 5.41) is 0. The van der Waals surface area contributed by atoms with Gasteiger partial charge in [-0.1, -0.05) is 71.1 Å². The van der Waals surface area contributed by atoms with Gasteiger partial charge in [0.1, 0.15) is 0 Å². The maximum atomic E-state index is 11.3. The fraction of sp³-hybridized carbons (Fsp3) is 0.941. The first-order valence-corrected chi connectivity index (χ1v) is 9.06. The van der Waals surface area contributed by atoms with Crippen LogP contribution in [-0.2, 0) is 9.53 Å². The van der Waals surface area contributed by atoms with Crippen molar-refractivity contribution in [2.75, 3.05) is 12.5 Å². The molecule has 0 bridgehead atoms. The van der Waals surface area contributed by atoms with E-state index in [1.807, 2.05) is 0 Å². The van der Waals surface area contributed by atoms with E-state index in [4.69, 9.17) is 16.3 Å². The number of hydrogen-bond donors (Lipinski definition) is 0. The fourth-order valence-corrected chi connectivity index (χ4v) is 2.36. The second-order valence-electron chi connectivity index (χ2n) is 5.55. The van der Waals surface area contributed by atoms with Gasteiger partial charge < -0.3 is 4.74 Å². The van der Waals surface area contributed by atoms with Crippen LogP contribution >= 0.6 is 11.6 Å². The average Bonchev–Trinajstić information content (AvgIpc) is 2.45. The lowest BCUT2D eigenvalue weighted by atomic mass is 10.1. The van der Waals surface area contributed by atoms with Crippen LogP contribution in [-0.4, -0.2) is 18.5 Å². The molecule has 2 nitrogen and oxygen atoms in total. The van der Waals surface area contributed by atoms with Gasteiger partial charge >= 0.3 is 5.97 Å². The van der Waals surface area contributed by atoms with Crippen LogP contribution < -0.4 is 0 Å². The first-order valence-electron chi connectivity index (χ1n) is 8.52. The van der Waals surface area contributed by atoms with E-state index in [1.165, 1.54) is 57.8 Å². The van der Waals surface area contributed by atoms with E-state index in [-0.39, 0.29) is 5.97 Å². The Labute approximate surface area is 130 Å². The number of hydrogen-bond acceptors (Lipinski definition) is 2. The van der Waals surface area contributed by atoms with E-state index in [9.17, 15) is 4.79 Å². The zero-order valence-electron chi connectivity index (χ0n) is 13.3. The Morgan fingerprint density at radius 3 is 1.80 bits per heavy atom. The Hall–Kier alpha value is -0.240. The first-order chi connectivity index (χ1) is 9.81. The van der Waals surface area contributed by atoms with Crippen molar-refractivity contribution >= 4 is 17.6 Å². The summed E-state index contributed by atoms with van der Waals surface area (Å²) >= 11 is 5.52. The van der Waals surface area contributed by atoms with Gasteiger partial charge in [-0.05, 0) is 12.8 Å². The molecule has 0 radical (unpaired) electrons. The Bertz CT molecular complexity index is 207. The third-order valence-corrected chi connectivity index (χ3v) is 3.79. The monoisotopic (exact) mass is 304 g/mol. The van der Waals surface area contributed by atoms with Crippen LogP contribution in [0.15, 0.2) is 0 Å². The summed E-state index contributed by atoms with van der Waals surface area (Å²) in [6.45, 7) is 2.73.